The van der Waals surface area contributed by atoms with Crippen LogP contribution in [0.25, 0.3) is 32.4 Å². The highest BCUT2D eigenvalue weighted by Gasteiger charge is 2.26. The van der Waals surface area contributed by atoms with E-state index in [1.54, 1.807) is 17.4 Å². The minimum absolute atomic E-state index is 0.207. The Labute approximate surface area is 208 Å². The highest BCUT2D eigenvalue weighted by molar-refractivity contribution is 7.17. The molecule has 9 heteroatoms. The number of hydrogen-bond donors (Lipinski definition) is 1. The molecule has 1 N–H and O–H groups in total. The monoisotopic (exact) mass is 492 g/mol. The van der Waals surface area contributed by atoms with Crippen LogP contribution in [0.5, 0.6) is 6.01 Å². The fourth-order valence-corrected chi connectivity index (χ4v) is 6.08. The summed E-state index contributed by atoms with van der Waals surface area (Å²) in [5.74, 6) is 0.318. The number of likely N-dealkylation sites (N-methyl/N-ethyl adjacent to an activating group) is 1. The van der Waals surface area contributed by atoms with Crippen molar-refractivity contribution in [2.24, 2.45) is 0 Å². The van der Waals surface area contributed by atoms with E-state index in [1.807, 2.05) is 29.6 Å². The zero-order chi connectivity index (χ0) is 23.9. The van der Waals surface area contributed by atoms with Crippen LogP contribution in [-0.4, -0.2) is 71.8 Å². The predicted molar refractivity (Wildman–Crippen MR) is 139 cm³/mol. The number of rotatable bonds is 5. The molecule has 5 heterocycles. The minimum Gasteiger partial charge on any atom is -0.462 e. The summed E-state index contributed by atoms with van der Waals surface area (Å²) in [6.45, 7) is 6.20. The maximum absolute atomic E-state index is 15.6. The predicted octanol–water partition coefficient (Wildman–Crippen LogP) is 4.32. The Morgan fingerprint density at radius 3 is 2.94 bits per heavy atom. The highest BCUT2D eigenvalue weighted by atomic mass is 32.1. The van der Waals surface area contributed by atoms with Gasteiger partial charge in [-0.25, -0.2) is 9.37 Å². The molecular weight excluding hydrogens is 463 g/mol. The second kappa shape index (κ2) is 9.29. The fraction of sp³-hybridized carbons (Fsp3) is 0.423. The van der Waals surface area contributed by atoms with Gasteiger partial charge in [-0.2, -0.15) is 9.97 Å². The van der Waals surface area contributed by atoms with Gasteiger partial charge in [-0.1, -0.05) is 18.2 Å². The zero-order valence-corrected chi connectivity index (χ0v) is 20.8. The summed E-state index contributed by atoms with van der Waals surface area (Å²) in [4.78, 5) is 18.7. The van der Waals surface area contributed by atoms with E-state index in [2.05, 4.69) is 34.1 Å². The van der Waals surface area contributed by atoms with E-state index >= 15 is 4.39 Å². The van der Waals surface area contributed by atoms with Gasteiger partial charge in [-0.15, -0.1) is 11.3 Å². The second-order valence-electron chi connectivity index (χ2n) is 9.50. The zero-order valence-electron chi connectivity index (χ0n) is 20.0. The van der Waals surface area contributed by atoms with Gasteiger partial charge in [-0.3, -0.25) is 0 Å². The first-order valence-corrected chi connectivity index (χ1v) is 13.1. The van der Waals surface area contributed by atoms with Gasteiger partial charge >= 0.3 is 6.01 Å². The molecule has 0 radical (unpaired) electrons. The third-order valence-electron chi connectivity index (χ3n) is 7.18. The summed E-state index contributed by atoms with van der Waals surface area (Å²) >= 11 is 1.59. The number of hydrogen-bond acceptors (Lipinski definition) is 8. The molecule has 2 aliphatic rings. The Bertz CT molecular complexity index is 1380. The van der Waals surface area contributed by atoms with Crippen LogP contribution in [0.1, 0.15) is 19.8 Å². The van der Waals surface area contributed by atoms with Crippen LogP contribution in [0.15, 0.2) is 35.7 Å². The normalized spacial score (nSPS) is 21.3. The van der Waals surface area contributed by atoms with Crippen molar-refractivity contribution >= 4 is 38.3 Å². The van der Waals surface area contributed by atoms with Crippen LogP contribution in [-0.2, 0) is 0 Å². The molecule has 35 heavy (non-hydrogen) atoms. The molecule has 6 rings (SSSR count). The lowest BCUT2D eigenvalue weighted by molar-refractivity contribution is 0.188. The van der Waals surface area contributed by atoms with Crippen LogP contribution in [0, 0.1) is 5.82 Å². The first kappa shape index (κ1) is 22.6. The summed E-state index contributed by atoms with van der Waals surface area (Å²) < 4.78 is 22.7. The number of ether oxygens (including phenoxy) is 1. The van der Waals surface area contributed by atoms with Gasteiger partial charge in [0.2, 0.25) is 0 Å². The first-order chi connectivity index (χ1) is 17.1. The van der Waals surface area contributed by atoms with Gasteiger partial charge in [-0.05, 0) is 56.3 Å². The van der Waals surface area contributed by atoms with Crippen LogP contribution < -0.4 is 15.0 Å². The molecule has 182 valence electrons. The van der Waals surface area contributed by atoms with Crippen molar-refractivity contribution in [1.29, 1.82) is 0 Å². The Balaban J connectivity index is 1.46. The van der Waals surface area contributed by atoms with Crippen molar-refractivity contribution in [2.45, 2.75) is 31.8 Å². The van der Waals surface area contributed by atoms with Crippen LogP contribution in [0.4, 0.5) is 10.2 Å². The second-order valence-corrected chi connectivity index (χ2v) is 10.4. The van der Waals surface area contributed by atoms with Gasteiger partial charge in [0.25, 0.3) is 0 Å². The van der Waals surface area contributed by atoms with Crippen molar-refractivity contribution in [3.05, 3.63) is 41.5 Å². The molecule has 2 aliphatic heterocycles. The van der Waals surface area contributed by atoms with E-state index in [-0.39, 0.29) is 11.9 Å². The van der Waals surface area contributed by atoms with Crippen molar-refractivity contribution in [2.75, 3.05) is 44.7 Å². The number of benzene rings is 1. The van der Waals surface area contributed by atoms with E-state index in [1.165, 1.54) is 6.42 Å². The van der Waals surface area contributed by atoms with E-state index in [9.17, 15) is 0 Å². The van der Waals surface area contributed by atoms with E-state index in [0.29, 0.717) is 41.2 Å². The molecule has 2 fully saturated rings. The number of nitrogens with zero attached hydrogens (tertiary/aromatic N) is 5. The van der Waals surface area contributed by atoms with E-state index in [4.69, 9.17) is 14.7 Å². The molecule has 0 amide bonds. The molecule has 2 atom stereocenters. The quantitative estimate of drug-likeness (QED) is 0.445. The number of nitrogens with one attached hydrogen (secondary N) is 1. The largest absolute Gasteiger partial charge is 0.462 e. The molecule has 0 aliphatic carbocycles. The average Bonchev–Trinajstić information content (AvgIpc) is 3.51. The summed E-state index contributed by atoms with van der Waals surface area (Å²) in [6.07, 6.45) is 2.27. The van der Waals surface area contributed by atoms with E-state index in [0.717, 1.165) is 48.2 Å². The minimum atomic E-state index is -0.368. The number of pyridine rings is 1. The molecular formula is C26H29FN6OS. The van der Waals surface area contributed by atoms with Gasteiger partial charge < -0.3 is 19.9 Å². The number of halogens is 1. The molecule has 2 unspecified atom stereocenters. The SMILES string of the molecule is CC1CNCCN1c1nc(OCC2CCCN2C)nc2nc(-c3cccc4ccsc34)c(F)cc12. The lowest BCUT2D eigenvalue weighted by atomic mass is 10.1. The number of thiophene rings is 1. The Kier molecular flexibility index (Phi) is 5.99. The lowest BCUT2D eigenvalue weighted by Gasteiger charge is -2.35. The molecule has 0 bridgehead atoms. The Hall–Kier alpha value is -2.88. The Morgan fingerprint density at radius 2 is 2.11 bits per heavy atom. The number of piperazine rings is 1. The number of aromatic nitrogens is 3. The molecule has 7 nitrogen and oxygen atoms in total. The van der Waals surface area contributed by atoms with Gasteiger partial charge in [0.1, 0.15) is 23.9 Å². The van der Waals surface area contributed by atoms with Crippen molar-refractivity contribution < 1.29 is 9.13 Å². The summed E-state index contributed by atoms with van der Waals surface area (Å²) in [7, 11) is 2.12. The number of likely N-dealkylation sites (tertiary alicyclic amines) is 1. The molecule has 4 aromatic rings. The number of anilines is 1. The summed E-state index contributed by atoms with van der Waals surface area (Å²) in [5, 5.41) is 7.12. The molecule has 0 saturated carbocycles. The first-order valence-electron chi connectivity index (χ1n) is 12.2. The third kappa shape index (κ3) is 4.22. The number of fused-ring (bicyclic) bond motifs is 2. The highest BCUT2D eigenvalue weighted by Crippen LogP contribution is 2.36. The molecule has 3 aromatic heterocycles. The molecule has 2 saturated heterocycles. The van der Waals surface area contributed by atoms with Crippen molar-refractivity contribution in [3.8, 4) is 17.3 Å². The lowest BCUT2D eigenvalue weighted by Crippen LogP contribution is -2.50. The maximum atomic E-state index is 15.6. The smallest absolute Gasteiger partial charge is 0.320 e. The standard InChI is InChI=1S/C26H29FN6OS/c1-16-14-28-9-11-33(16)25-20-13-21(27)22(19-7-3-5-17-8-12-35-23(17)19)29-24(20)30-26(31-25)34-15-18-6-4-10-32(18)2/h3,5,7-8,12-13,16,18,28H,4,6,9-11,14-15H2,1-2H3. The molecule has 0 spiro atoms. The van der Waals surface area contributed by atoms with Crippen molar-refractivity contribution in [1.82, 2.24) is 25.2 Å². The molecule has 1 aromatic carbocycles. The van der Waals surface area contributed by atoms with E-state index < -0.39 is 0 Å². The fourth-order valence-electron chi connectivity index (χ4n) is 5.16. The summed E-state index contributed by atoms with van der Waals surface area (Å²) in [6, 6.07) is 10.3. The van der Waals surface area contributed by atoms with Crippen LogP contribution in [0.3, 0.4) is 0 Å². The average molecular weight is 493 g/mol. The van der Waals surface area contributed by atoms with Gasteiger partial charge in [0.15, 0.2) is 5.65 Å². The van der Waals surface area contributed by atoms with Crippen LogP contribution in [0.2, 0.25) is 0 Å². The van der Waals surface area contributed by atoms with Gasteiger partial charge in [0, 0.05) is 42.0 Å². The van der Waals surface area contributed by atoms with Crippen molar-refractivity contribution in [3.63, 3.8) is 0 Å². The van der Waals surface area contributed by atoms with Gasteiger partial charge in [0.05, 0.1) is 5.39 Å². The van der Waals surface area contributed by atoms with Crippen LogP contribution >= 0.6 is 11.3 Å². The summed E-state index contributed by atoms with van der Waals surface area (Å²) in [5.41, 5.74) is 1.55. The topological polar surface area (TPSA) is 66.4 Å². The third-order valence-corrected chi connectivity index (χ3v) is 8.15. The maximum Gasteiger partial charge on any atom is 0.320 e. The Morgan fingerprint density at radius 1 is 1.20 bits per heavy atom.